The highest BCUT2D eigenvalue weighted by Gasteiger charge is 2.35. The molecule has 174 valence electrons. The maximum absolute atomic E-state index is 13.5. The van der Waals surface area contributed by atoms with Gasteiger partial charge in [-0.15, -0.1) is 21.5 Å². The normalized spacial score (nSPS) is 15.2. The average Bonchev–Trinajstić information content (AvgIpc) is 3.54. The highest BCUT2D eigenvalue weighted by molar-refractivity contribution is 7.13. The summed E-state index contributed by atoms with van der Waals surface area (Å²) in [6, 6.07) is 13.2. The van der Waals surface area contributed by atoms with Gasteiger partial charge in [-0.25, -0.2) is 0 Å². The van der Waals surface area contributed by atoms with Crippen molar-refractivity contribution >= 4 is 23.2 Å². The second-order valence-electron chi connectivity index (χ2n) is 8.34. The van der Waals surface area contributed by atoms with Crippen molar-refractivity contribution in [3.8, 4) is 10.7 Å². The van der Waals surface area contributed by atoms with E-state index in [-0.39, 0.29) is 24.4 Å². The lowest BCUT2D eigenvalue weighted by Crippen LogP contribution is -2.55. The molecule has 2 aromatic heterocycles. The van der Waals surface area contributed by atoms with E-state index in [9.17, 15) is 9.59 Å². The molecule has 9 heteroatoms. The van der Waals surface area contributed by atoms with Gasteiger partial charge < -0.3 is 10.2 Å². The van der Waals surface area contributed by atoms with Gasteiger partial charge in [0.25, 0.3) is 0 Å². The van der Waals surface area contributed by atoms with E-state index in [0.29, 0.717) is 18.8 Å². The summed E-state index contributed by atoms with van der Waals surface area (Å²) in [4.78, 5) is 30.7. The molecular formula is C24H30N6O2S. The molecule has 2 heterocycles. The molecule has 0 aliphatic heterocycles. The number of amides is 2. The number of rotatable bonds is 9. The fraction of sp³-hybridized carbons (Fsp3) is 0.458. The van der Waals surface area contributed by atoms with Gasteiger partial charge in [-0.1, -0.05) is 62.6 Å². The third kappa shape index (κ3) is 5.84. The molecule has 1 aliphatic carbocycles. The minimum Gasteiger partial charge on any atom is -0.350 e. The SMILES string of the molecule is CC[C@H](C(=O)NCc1ccccc1)N(C(=O)Cn1nnc(-c2cccs2)n1)C1CCCCC1. The van der Waals surface area contributed by atoms with Crippen LogP contribution in [0.3, 0.4) is 0 Å². The highest BCUT2D eigenvalue weighted by Crippen LogP contribution is 2.26. The summed E-state index contributed by atoms with van der Waals surface area (Å²) in [6.07, 6.45) is 5.69. The van der Waals surface area contributed by atoms with E-state index >= 15 is 0 Å². The minimum atomic E-state index is -0.524. The molecule has 1 fully saturated rings. The number of hydrogen-bond donors (Lipinski definition) is 1. The zero-order chi connectivity index (χ0) is 23.0. The number of hydrogen-bond acceptors (Lipinski definition) is 6. The third-order valence-electron chi connectivity index (χ3n) is 6.06. The van der Waals surface area contributed by atoms with Gasteiger partial charge in [-0.2, -0.15) is 4.80 Å². The molecule has 1 saturated carbocycles. The summed E-state index contributed by atoms with van der Waals surface area (Å²) < 4.78 is 0. The van der Waals surface area contributed by atoms with Crippen molar-refractivity contribution < 1.29 is 9.59 Å². The second kappa shape index (κ2) is 11.2. The fourth-order valence-corrected chi connectivity index (χ4v) is 5.07. The molecule has 1 aliphatic rings. The Labute approximate surface area is 198 Å². The number of carbonyl (C=O) groups excluding carboxylic acids is 2. The van der Waals surface area contributed by atoms with Crippen LogP contribution in [-0.4, -0.2) is 49.0 Å². The maximum Gasteiger partial charge on any atom is 0.247 e. The molecule has 2 amide bonds. The molecule has 0 spiro atoms. The van der Waals surface area contributed by atoms with E-state index in [2.05, 4.69) is 20.7 Å². The number of carbonyl (C=O) groups is 2. The second-order valence-corrected chi connectivity index (χ2v) is 9.29. The fourth-order valence-electron chi connectivity index (χ4n) is 4.42. The first-order valence-electron chi connectivity index (χ1n) is 11.6. The molecular weight excluding hydrogens is 436 g/mol. The van der Waals surface area contributed by atoms with Gasteiger partial charge in [-0.05, 0) is 41.5 Å². The Morgan fingerprint density at radius 3 is 2.64 bits per heavy atom. The minimum absolute atomic E-state index is 0.0304. The average molecular weight is 467 g/mol. The van der Waals surface area contributed by atoms with E-state index in [0.717, 1.165) is 36.1 Å². The number of tetrazole rings is 1. The van der Waals surface area contributed by atoms with Crippen LogP contribution in [0.25, 0.3) is 10.7 Å². The molecule has 1 atom stereocenters. The molecule has 1 N–H and O–H groups in total. The van der Waals surface area contributed by atoms with Gasteiger partial charge in [0.1, 0.15) is 12.6 Å². The lowest BCUT2D eigenvalue weighted by molar-refractivity contribution is -0.145. The first-order valence-corrected chi connectivity index (χ1v) is 12.5. The van der Waals surface area contributed by atoms with Crippen LogP contribution in [0.4, 0.5) is 0 Å². The zero-order valence-corrected chi connectivity index (χ0v) is 19.7. The molecule has 8 nitrogen and oxygen atoms in total. The number of aromatic nitrogens is 4. The van der Waals surface area contributed by atoms with Crippen molar-refractivity contribution in [1.29, 1.82) is 0 Å². The molecule has 0 unspecified atom stereocenters. The molecule has 33 heavy (non-hydrogen) atoms. The highest BCUT2D eigenvalue weighted by atomic mass is 32.1. The van der Waals surface area contributed by atoms with Crippen LogP contribution in [-0.2, 0) is 22.7 Å². The standard InChI is InChI=1S/C24H30N6O2S/c1-2-20(24(32)25-16-18-10-5-3-6-11-18)30(19-12-7-4-8-13-19)22(31)17-29-27-23(26-28-29)21-14-9-15-33-21/h3,5-6,9-11,14-15,19-20H,2,4,7-8,12-13,16-17H2,1H3,(H,25,32)/t20-/m1/s1. The van der Waals surface area contributed by atoms with Crippen LogP contribution in [0.1, 0.15) is 51.0 Å². The first kappa shape index (κ1) is 23.1. The lowest BCUT2D eigenvalue weighted by Gasteiger charge is -2.39. The Kier molecular flexibility index (Phi) is 7.83. The van der Waals surface area contributed by atoms with Gasteiger partial charge >= 0.3 is 0 Å². The van der Waals surface area contributed by atoms with E-state index in [1.54, 1.807) is 4.90 Å². The van der Waals surface area contributed by atoms with Crippen molar-refractivity contribution in [2.24, 2.45) is 0 Å². The van der Waals surface area contributed by atoms with Gasteiger partial charge in [-0.3, -0.25) is 9.59 Å². The summed E-state index contributed by atoms with van der Waals surface area (Å²) in [5, 5.41) is 17.5. The predicted octanol–water partition coefficient (Wildman–Crippen LogP) is 3.66. The molecule has 0 bridgehead atoms. The summed E-state index contributed by atoms with van der Waals surface area (Å²) >= 11 is 1.53. The van der Waals surface area contributed by atoms with Crippen LogP contribution in [0.5, 0.6) is 0 Å². The van der Waals surface area contributed by atoms with Crippen molar-refractivity contribution in [2.45, 2.75) is 70.6 Å². The van der Waals surface area contributed by atoms with Crippen LogP contribution >= 0.6 is 11.3 Å². The molecule has 0 saturated heterocycles. The van der Waals surface area contributed by atoms with E-state index in [1.807, 2.05) is 54.8 Å². The maximum atomic E-state index is 13.5. The quantitative estimate of drug-likeness (QED) is 0.520. The number of thiophene rings is 1. The van der Waals surface area contributed by atoms with Gasteiger partial charge in [0.15, 0.2) is 0 Å². The van der Waals surface area contributed by atoms with E-state index in [1.165, 1.54) is 22.6 Å². The predicted molar refractivity (Wildman–Crippen MR) is 127 cm³/mol. The van der Waals surface area contributed by atoms with Gasteiger partial charge in [0.2, 0.25) is 17.6 Å². The number of benzene rings is 1. The van der Waals surface area contributed by atoms with Crippen molar-refractivity contribution in [3.63, 3.8) is 0 Å². The van der Waals surface area contributed by atoms with Crippen LogP contribution < -0.4 is 5.32 Å². The lowest BCUT2D eigenvalue weighted by atomic mass is 9.92. The molecule has 3 aromatic rings. The Morgan fingerprint density at radius 1 is 1.15 bits per heavy atom. The number of nitrogens with zero attached hydrogens (tertiary/aromatic N) is 5. The Balaban J connectivity index is 1.49. The van der Waals surface area contributed by atoms with E-state index < -0.39 is 6.04 Å². The summed E-state index contributed by atoms with van der Waals surface area (Å²) in [6.45, 7) is 2.37. The van der Waals surface area contributed by atoms with Crippen molar-refractivity contribution in [1.82, 2.24) is 30.4 Å². The van der Waals surface area contributed by atoms with E-state index in [4.69, 9.17) is 0 Å². The third-order valence-corrected chi connectivity index (χ3v) is 6.93. The Hall–Kier alpha value is -3.07. The monoisotopic (exact) mass is 466 g/mol. The zero-order valence-electron chi connectivity index (χ0n) is 18.9. The summed E-state index contributed by atoms with van der Waals surface area (Å²) in [7, 11) is 0. The largest absolute Gasteiger partial charge is 0.350 e. The molecule has 0 radical (unpaired) electrons. The Bertz CT molecular complexity index is 1030. The van der Waals surface area contributed by atoms with Gasteiger partial charge in [0.05, 0.1) is 4.88 Å². The Morgan fingerprint density at radius 2 is 1.94 bits per heavy atom. The van der Waals surface area contributed by atoms with Crippen molar-refractivity contribution in [2.75, 3.05) is 0 Å². The number of nitrogens with one attached hydrogen (secondary N) is 1. The van der Waals surface area contributed by atoms with Crippen molar-refractivity contribution in [3.05, 3.63) is 53.4 Å². The first-order chi connectivity index (χ1) is 16.2. The summed E-state index contributed by atoms with van der Waals surface area (Å²) in [5.74, 6) is 0.250. The van der Waals surface area contributed by atoms with Crippen LogP contribution in [0, 0.1) is 0 Å². The van der Waals surface area contributed by atoms with Crippen LogP contribution in [0.2, 0.25) is 0 Å². The topological polar surface area (TPSA) is 93.0 Å². The van der Waals surface area contributed by atoms with Crippen LogP contribution in [0.15, 0.2) is 47.8 Å². The summed E-state index contributed by atoms with van der Waals surface area (Å²) in [5.41, 5.74) is 1.03. The molecule has 1 aromatic carbocycles. The molecule has 4 rings (SSSR count). The smallest absolute Gasteiger partial charge is 0.247 e. The van der Waals surface area contributed by atoms with Gasteiger partial charge in [0, 0.05) is 12.6 Å².